The topological polar surface area (TPSA) is 17.1 Å². The van der Waals surface area contributed by atoms with Crippen LogP contribution in [0.4, 0.5) is 0 Å². The van der Waals surface area contributed by atoms with E-state index in [4.69, 9.17) is 11.6 Å². The molecule has 0 radical (unpaired) electrons. The van der Waals surface area contributed by atoms with Crippen LogP contribution in [0.1, 0.15) is 18.4 Å². The molecule has 0 N–H and O–H groups in total. The quantitative estimate of drug-likeness (QED) is 0.549. The third-order valence-electron chi connectivity index (χ3n) is 2.03. The lowest BCUT2D eigenvalue weighted by molar-refractivity contribution is -0.112. The lowest BCUT2D eigenvalue weighted by Crippen LogP contribution is -1.95. The van der Waals surface area contributed by atoms with Crippen molar-refractivity contribution in [2.45, 2.75) is 12.8 Å². The number of hydrogen-bond acceptors (Lipinski definition) is 1. The Kier molecular flexibility index (Phi) is 4.41. The molecule has 1 nitrogen and oxygen atoms in total. The predicted octanol–water partition coefficient (Wildman–Crippen LogP) is 3.15. The summed E-state index contributed by atoms with van der Waals surface area (Å²) in [6, 6.07) is 10.0. The molecule has 0 saturated carbocycles. The van der Waals surface area contributed by atoms with E-state index in [9.17, 15) is 4.79 Å². The summed E-state index contributed by atoms with van der Waals surface area (Å²) in [7, 11) is 0. The third kappa shape index (κ3) is 3.35. The second-order valence-electron chi connectivity index (χ2n) is 3.16. The van der Waals surface area contributed by atoms with E-state index in [1.54, 1.807) is 6.08 Å². The molecule has 0 saturated heterocycles. The van der Waals surface area contributed by atoms with Gasteiger partial charge >= 0.3 is 0 Å². The van der Waals surface area contributed by atoms with E-state index in [1.807, 2.05) is 43.3 Å². The Bertz CT molecular complexity index is 316. The standard InChI is InChI=1S/C12H13ClO/c1-10(7-8-12(14)9-13)11-5-3-2-4-6-11/h2-8,10H,9H2,1H3/b8-7+. The highest BCUT2D eigenvalue weighted by molar-refractivity contribution is 6.29. The van der Waals surface area contributed by atoms with Crippen LogP contribution in [0, 0.1) is 0 Å². The monoisotopic (exact) mass is 208 g/mol. The molecule has 14 heavy (non-hydrogen) atoms. The number of carbonyl (C=O) groups excluding carboxylic acids is 1. The fraction of sp³-hybridized carbons (Fsp3) is 0.250. The van der Waals surface area contributed by atoms with Gasteiger partial charge in [0.05, 0.1) is 5.88 Å². The molecule has 1 aromatic carbocycles. The molecule has 0 spiro atoms. The van der Waals surface area contributed by atoms with Gasteiger partial charge in [-0.05, 0) is 17.6 Å². The highest BCUT2D eigenvalue weighted by Gasteiger charge is 2.00. The van der Waals surface area contributed by atoms with Gasteiger partial charge in [0.2, 0.25) is 0 Å². The van der Waals surface area contributed by atoms with Gasteiger partial charge in [0, 0.05) is 0 Å². The molecule has 74 valence electrons. The molecule has 0 aliphatic rings. The van der Waals surface area contributed by atoms with E-state index in [2.05, 4.69) is 0 Å². The van der Waals surface area contributed by atoms with E-state index >= 15 is 0 Å². The van der Waals surface area contributed by atoms with Gasteiger partial charge in [-0.25, -0.2) is 0 Å². The SMILES string of the molecule is CC(/C=C/C(=O)CCl)c1ccccc1. The van der Waals surface area contributed by atoms with Crippen molar-refractivity contribution in [3.63, 3.8) is 0 Å². The maximum atomic E-state index is 10.9. The second-order valence-corrected chi connectivity index (χ2v) is 3.43. The van der Waals surface area contributed by atoms with Crippen molar-refractivity contribution < 1.29 is 4.79 Å². The fourth-order valence-electron chi connectivity index (χ4n) is 1.16. The number of halogens is 1. The van der Waals surface area contributed by atoms with Crippen molar-refractivity contribution >= 4 is 17.4 Å². The minimum absolute atomic E-state index is 0.0468. The molecular weight excluding hydrogens is 196 g/mol. The summed E-state index contributed by atoms with van der Waals surface area (Å²) >= 11 is 5.38. The molecule has 1 unspecified atom stereocenters. The zero-order valence-corrected chi connectivity index (χ0v) is 8.87. The van der Waals surface area contributed by atoms with Crippen LogP contribution in [0.3, 0.4) is 0 Å². The smallest absolute Gasteiger partial charge is 0.170 e. The summed E-state index contributed by atoms with van der Waals surface area (Å²) in [4.78, 5) is 10.9. The Morgan fingerprint density at radius 1 is 1.43 bits per heavy atom. The average Bonchev–Trinajstić information content (AvgIpc) is 2.26. The van der Waals surface area contributed by atoms with Gasteiger partial charge in [-0.1, -0.05) is 43.3 Å². The second kappa shape index (κ2) is 5.61. The average molecular weight is 209 g/mol. The Hall–Kier alpha value is -1.08. The van der Waals surface area contributed by atoms with E-state index in [0.29, 0.717) is 0 Å². The van der Waals surface area contributed by atoms with Crippen molar-refractivity contribution in [3.8, 4) is 0 Å². The van der Waals surface area contributed by atoms with Crippen molar-refractivity contribution in [2.75, 3.05) is 5.88 Å². The number of benzene rings is 1. The largest absolute Gasteiger partial charge is 0.294 e. The number of carbonyl (C=O) groups is 1. The Morgan fingerprint density at radius 3 is 2.64 bits per heavy atom. The Balaban J connectivity index is 2.63. The van der Waals surface area contributed by atoms with Gasteiger partial charge in [-0.15, -0.1) is 11.6 Å². The summed E-state index contributed by atoms with van der Waals surface area (Å²) in [5, 5.41) is 0. The van der Waals surface area contributed by atoms with Gasteiger partial charge in [-0.2, -0.15) is 0 Å². The number of alkyl halides is 1. The number of hydrogen-bond donors (Lipinski definition) is 0. The number of ketones is 1. The van der Waals surface area contributed by atoms with Gasteiger partial charge in [0.15, 0.2) is 5.78 Å². The predicted molar refractivity (Wildman–Crippen MR) is 59.7 cm³/mol. The van der Waals surface area contributed by atoms with Gasteiger partial charge in [-0.3, -0.25) is 4.79 Å². The molecule has 0 aliphatic carbocycles. The maximum Gasteiger partial charge on any atom is 0.170 e. The first-order chi connectivity index (χ1) is 6.74. The first-order valence-electron chi connectivity index (χ1n) is 4.56. The Morgan fingerprint density at radius 2 is 2.07 bits per heavy atom. The molecule has 0 amide bonds. The molecule has 1 atom stereocenters. The number of rotatable bonds is 4. The first-order valence-corrected chi connectivity index (χ1v) is 5.09. The van der Waals surface area contributed by atoms with E-state index in [0.717, 1.165) is 0 Å². The summed E-state index contributed by atoms with van der Waals surface area (Å²) in [5.41, 5.74) is 1.20. The van der Waals surface area contributed by atoms with Crippen LogP contribution in [0.25, 0.3) is 0 Å². The van der Waals surface area contributed by atoms with Crippen LogP contribution >= 0.6 is 11.6 Å². The minimum atomic E-state index is -0.0468. The van der Waals surface area contributed by atoms with E-state index in [-0.39, 0.29) is 17.6 Å². The summed E-state index contributed by atoms with van der Waals surface area (Å²) in [6.07, 6.45) is 3.42. The summed E-state index contributed by atoms with van der Waals surface area (Å²) in [5.74, 6) is 0.260. The zero-order valence-electron chi connectivity index (χ0n) is 8.11. The lowest BCUT2D eigenvalue weighted by atomic mass is 10.0. The highest BCUT2D eigenvalue weighted by Crippen LogP contribution is 2.15. The third-order valence-corrected chi connectivity index (χ3v) is 2.29. The van der Waals surface area contributed by atoms with Crippen LogP contribution in [-0.4, -0.2) is 11.7 Å². The van der Waals surface area contributed by atoms with Crippen LogP contribution in [0.2, 0.25) is 0 Å². The Labute approximate surface area is 89.4 Å². The minimum Gasteiger partial charge on any atom is -0.294 e. The van der Waals surface area contributed by atoms with E-state index in [1.165, 1.54) is 5.56 Å². The van der Waals surface area contributed by atoms with Crippen LogP contribution < -0.4 is 0 Å². The van der Waals surface area contributed by atoms with Crippen molar-refractivity contribution in [1.82, 2.24) is 0 Å². The van der Waals surface area contributed by atoms with Gasteiger partial charge < -0.3 is 0 Å². The first kappa shape index (κ1) is 11.0. The highest BCUT2D eigenvalue weighted by atomic mass is 35.5. The van der Waals surface area contributed by atoms with E-state index < -0.39 is 0 Å². The van der Waals surface area contributed by atoms with Gasteiger partial charge in [0.1, 0.15) is 0 Å². The normalized spacial score (nSPS) is 13.0. The van der Waals surface area contributed by atoms with Crippen molar-refractivity contribution in [1.29, 1.82) is 0 Å². The van der Waals surface area contributed by atoms with Crippen molar-refractivity contribution in [3.05, 3.63) is 48.0 Å². The van der Waals surface area contributed by atoms with Crippen LogP contribution in [0.15, 0.2) is 42.5 Å². The molecule has 0 aromatic heterocycles. The zero-order chi connectivity index (χ0) is 10.4. The molecular formula is C12H13ClO. The molecule has 0 aliphatic heterocycles. The molecule has 2 heteroatoms. The molecule has 0 bridgehead atoms. The summed E-state index contributed by atoms with van der Waals surface area (Å²) < 4.78 is 0. The molecule has 1 aromatic rings. The fourth-order valence-corrected chi connectivity index (χ4v) is 1.25. The molecule has 0 fully saturated rings. The number of allylic oxidation sites excluding steroid dienone is 2. The molecule has 0 heterocycles. The van der Waals surface area contributed by atoms with Crippen LogP contribution in [-0.2, 0) is 4.79 Å². The van der Waals surface area contributed by atoms with Crippen LogP contribution in [0.5, 0.6) is 0 Å². The maximum absolute atomic E-state index is 10.9. The lowest BCUT2D eigenvalue weighted by Gasteiger charge is -2.04. The molecule has 1 rings (SSSR count). The summed E-state index contributed by atoms with van der Waals surface area (Å²) in [6.45, 7) is 2.05. The van der Waals surface area contributed by atoms with Gasteiger partial charge in [0.25, 0.3) is 0 Å². The van der Waals surface area contributed by atoms with Crippen molar-refractivity contribution in [2.24, 2.45) is 0 Å².